The van der Waals surface area contributed by atoms with Crippen molar-refractivity contribution in [3.63, 3.8) is 0 Å². The number of hydrogen-bond donors (Lipinski definition) is 0. The fourth-order valence-electron chi connectivity index (χ4n) is 6.63. The van der Waals surface area contributed by atoms with Crippen molar-refractivity contribution in [3.05, 3.63) is 199 Å². The number of para-hydroxylation sites is 1. The third kappa shape index (κ3) is 6.42. The highest BCUT2D eigenvalue weighted by atomic mass is 14.8. The largest absolute Gasteiger partial charge is 0.277 e. The summed E-state index contributed by atoms with van der Waals surface area (Å²) < 4.78 is 0. The molecule has 0 fully saturated rings. The fourth-order valence-corrected chi connectivity index (χ4v) is 6.63. The minimum atomic E-state index is -0.107. The van der Waals surface area contributed by atoms with Crippen molar-refractivity contribution in [2.75, 3.05) is 0 Å². The molecule has 2 nitrogen and oxygen atoms in total. The monoisotopic (exact) mass is 630 g/mol. The average molecular weight is 631 g/mol. The second-order valence-electron chi connectivity index (χ2n) is 12.4. The Morgan fingerprint density at radius 3 is 2.18 bits per heavy atom. The van der Waals surface area contributed by atoms with Gasteiger partial charge in [0.15, 0.2) is 0 Å². The maximum atomic E-state index is 5.49. The van der Waals surface area contributed by atoms with Crippen molar-refractivity contribution in [2.24, 2.45) is 4.99 Å². The zero-order chi connectivity index (χ0) is 33.7. The number of pyridine rings is 1. The Morgan fingerprint density at radius 2 is 1.41 bits per heavy atom. The molecule has 236 valence electrons. The minimum Gasteiger partial charge on any atom is -0.277 e. The van der Waals surface area contributed by atoms with E-state index in [0.717, 1.165) is 55.6 Å². The van der Waals surface area contributed by atoms with Gasteiger partial charge in [-0.3, -0.25) is 9.98 Å². The Morgan fingerprint density at radius 1 is 0.694 bits per heavy atom. The molecular weight excluding hydrogens is 593 g/mol. The number of allylic oxidation sites excluding steroid dienone is 5. The molecule has 0 amide bonds. The second kappa shape index (κ2) is 13.9. The Labute approximate surface area is 288 Å². The maximum Gasteiger partial charge on any atom is 0.0728 e. The summed E-state index contributed by atoms with van der Waals surface area (Å²) in [4.78, 5) is 10.2. The van der Waals surface area contributed by atoms with E-state index in [4.69, 9.17) is 4.99 Å². The summed E-state index contributed by atoms with van der Waals surface area (Å²) in [6.07, 6.45) is 12.0. The van der Waals surface area contributed by atoms with Crippen LogP contribution in [-0.2, 0) is 0 Å². The molecule has 0 aliphatic carbocycles. The lowest BCUT2D eigenvalue weighted by atomic mass is 9.91. The van der Waals surface area contributed by atoms with Crippen LogP contribution < -0.4 is 0 Å². The molecule has 1 atom stereocenters. The van der Waals surface area contributed by atoms with Gasteiger partial charge in [0.1, 0.15) is 0 Å². The van der Waals surface area contributed by atoms with Crippen LogP contribution in [0.3, 0.4) is 0 Å². The summed E-state index contributed by atoms with van der Waals surface area (Å²) in [7, 11) is 0. The highest BCUT2D eigenvalue weighted by molar-refractivity contribution is 6.24. The molecule has 1 unspecified atom stereocenters. The van der Waals surface area contributed by atoms with Crippen molar-refractivity contribution in [2.45, 2.75) is 19.9 Å². The van der Waals surface area contributed by atoms with Gasteiger partial charge >= 0.3 is 0 Å². The van der Waals surface area contributed by atoms with E-state index in [2.05, 4.69) is 159 Å². The third-order valence-electron chi connectivity index (χ3n) is 9.24. The van der Waals surface area contributed by atoms with E-state index in [1.807, 2.05) is 36.6 Å². The normalized spacial score (nSPS) is 12.9. The molecule has 2 heteroatoms. The molecule has 49 heavy (non-hydrogen) atoms. The zero-order valence-corrected chi connectivity index (χ0v) is 28.0. The fraction of sp³-hybridized carbons (Fsp3) is 0.0638. The first-order valence-electron chi connectivity index (χ1n) is 16.7. The maximum absolute atomic E-state index is 5.49. The van der Waals surface area contributed by atoms with Crippen LogP contribution >= 0.6 is 0 Å². The van der Waals surface area contributed by atoms with Crippen molar-refractivity contribution in [1.29, 1.82) is 0 Å². The summed E-state index contributed by atoms with van der Waals surface area (Å²) in [5.41, 5.74) is 10.8. The van der Waals surface area contributed by atoms with Crippen LogP contribution in [0.1, 0.15) is 40.8 Å². The average Bonchev–Trinajstić information content (AvgIpc) is 3.15. The quantitative estimate of drug-likeness (QED) is 0.0885. The van der Waals surface area contributed by atoms with Gasteiger partial charge < -0.3 is 0 Å². The van der Waals surface area contributed by atoms with E-state index in [1.165, 1.54) is 27.1 Å². The summed E-state index contributed by atoms with van der Waals surface area (Å²) >= 11 is 0. The number of benzene rings is 6. The number of nitrogens with zero attached hydrogens (tertiary/aromatic N) is 2. The first-order valence-corrected chi connectivity index (χ1v) is 16.7. The number of aromatic nitrogens is 1. The highest BCUT2D eigenvalue weighted by Crippen LogP contribution is 2.33. The molecule has 1 heterocycles. The Balaban J connectivity index is 1.38. The first kappa shape index (κ1) is 31.5. The SMILES string of the molecule is C=C/C=C\c1c(C)cccc1/C(C=C)=C/C(=NC(C)c1ccc(-c2cnc3ccccc3c2)cc1)c1cc2ccccc2c2ccccc12. The van der Waals surface area contributed by atoms with Crippen LogP contribution in [0.4, 0.5) is 0 Å². The predicted molar refractivity (Wildman–Crippen MR) is 212 cm³/mol. The number of aryl methyl sites for hydroxylation is 1. The smallest absolute Gasteiger partial charge is 0.0728 e. The van der Waals surface area contributed by atoms with Crippen molar-refractivity contribution in [3.8, 4) is 11.1 Å². The minimum absolute atomic E-state index is 0.107. The zero-order valence-electron chi connectivity index (χ0n) is 28.0. The molecule has 1 aromatic heterocycles. The molecule has 0 bridgehead atoms. The van der Waals surface area contributed by atoms with Crippen LogP contribution in [-0.4, -0.2) is 10.7 Å². The Hall–Kier alpha value is -6.12. The van der Waals surface area contributed by atoms with Gasteiger partial charge in [-0.05, 0) is 93.1 Å². The van der Waals surface area contributed by atoms with Gasteiger partial charge in [-0.15, -0.1) is 0 Å². The molecule has 6 aromatic carbocycles. The van der Waals surface area contributed by atoms with E-state index in [0.29, 0.717) is 0 Å². The van der Waals surface area contributed by atoms with Crippen LogP contribution in [0.5, 0.6) is 0 Å². The summed E-state index contributed by atoms with van der Waals surface area (Å²) in [5.74, 6) is 0. The summed E-state index contributed by atoms with van der Waals surface area (Å²) in [5, 5.41) is 5.93. The van der Waals surface area contributed by atoms with Gasteiger partial charge in [-0.2, -0.15) is 0 Å². The molecule has 0 aliphatic rings. The predicted octanol–water partition coefficient (Wildman–Crippen LogP) is 12.5. The Bertz CT molecular complexity index is 2440. The number of aliphatic imine (C=N–C) groups is 1. The molecule has 0 aliphatic heterocycles. The van der Waals surface area contributed by atoms with Crippen molar-refractivity contribution < 1.29 is 0 Å². The van der Waals surface area contributed by atoms with E-state index < -0.39 is 0 Å². The van der Waals surface area contributed by atoms with Crippen LogP contribution in [0.25, 0.3) is 55.2 Å². The van der Waals surface area contributed by atoms with Crippen molar-refractivity contribution in [1.82, 2.24) is 4.98 Å². The van der Waals surface area contributed by atoms with Crippen LogP contribution in [0.2, 0.25) is 0 Å². The van der Waals surface area contributed by atoms with E-state index in [9.17, 15) is 0 Å². The van der Waals surface area contributed by atoms with Gasteiger partial charge in [0.2, 0.25) is 0 Å². The second-order valence-corrected chi connectivity index (χ2v) is 12.4. The lowest BCUT2D eigenvalue weighted by molar-refractivity contribution is 0.822. The highest BCUT2D eigenvalue weighted by Gasteiger charge is 2.15. The van der Waals surface area contributed by atoms with Crippen molar-refractivity contribution >= 4 is 49.8 Å². The van der Waals surface area contributed by atoms with Gasteiger partial charge in [0, 0.05) is 22.7 Å². The molecule has 0 spiro atoms. The topological polar surface area (TPSA) is 25.2 Å². The summed E-state index contributed by atoms with van der Waals surface area (Å²) in [6, 6.07) is 44.9. The van der Waals surface area contributed by atoms with Gasteiger partial charge in [-0.1, -0.05) is 147 Å². The lowest BCUT2D eigenvalue weighted by Crippen LogP contribution is -2.04. The van der Waals surface area contributed by atoms with Crippen LogP contribution in [0, 0.1) is 6.92 Å². The number of rotatable bonds is 9. The molecule has 0 saturated carbocycles. The molecule has 7 rings (SSSR count). The number of hydrogen-bond acceptors (Lipinski definition) is 2. The third-order valence-corrected chi connectivity index (χ3v) is 9.24. The van der Waals surface area contributed by atoms with Gasteiger partial charge in [0.25, 0.3) is 0 Å². The van der Waals surface area contributed by atoms with Crippen LogP contribution in [0.15, 0.2) is 176 Å². The van der Waals surface area contributed by atoms with E-state index in [1.54, 1.807) is 0 Å². The van der Waals surface area contributed by atoms with Gasteiger partial charge in [0.05, 0.1) is 17.3 Å². The standard InChI is InChI=1S/C47H38N2/c1-5-7-18-40-32(3)15-14-22-41(40)34(6-2)30-47(45-29-37-16-8-10-19-42(37)43-20-11-12-21-44(43)45)49-33(4)35-24-26-36(27-25-35)39-28-38-17-9-13-23-46(38)48-31-39/h5-31,33H,1-2H2,3-4H3/b18-7-,34-30+,49-47?. The number of fused-ring (bicyclic) bond motifs is 4. The summed E-state index contributed by atoms with van der Waals surface area (Å²) in [6.45, 7) is 12.5. The molecular formula is C47H38N2. The van der Waals surface area contributed by atoms with E-state index >= 15 is 0 Å². The molecule has 0 N–H and O–H groups in total. The molecule has 0 saturated heterocycles. The lowest BCUT2D eigenvalue weighted by Gasteiger charge is -2.16. The Kier molecular flexibility index (Phi) is 8.95. The molecule has 7 aromatic rings. The van der Waals surface area contributed by atoms with Gasteiger partial charge in [-0.25, -0.2) is 0 Å². The van der Waals surface area contributed by atoms with E-state index in [-0.39, 0.29) is 6.04 Å². The first-order chi connectivity index (χ1) is 24.0. The molecule has 0 radical (unpaired) electrons.